The van der Waals surface area contributed by atoms with Gasteiger partial charge < -0.3 is 14.9 Å². The van der Waals surface area contributed by atoms with Gasteiger partial charge in [0.25, 0.3) is 0 Å². The van der Waals surface area contributed by atoms with E-state index in [1.54, 1.807) is 0 Å². The first-order valence-corrected chi connectivity index (χ1v) is 10.8. The van der Waals surface area contributed by atoms with Crippen molar-refractivity contribution in [3.05, 3.63) is 0 Å². The van der Waals surface area contributed by atoms with E-state index in [0.29, 0.717) is 23.2 Å². The third-order valence-corrected chi connectivity index (χ3v) is 9.99. The highest BCUT2D eigenvalue weighted by Crippen LogP contribution is 2.69. The molecule has 25 heavy (non-hydrogen) atoms. The zero-order chi connectivity index (χ0) is 17.6. The van der Waals surface area contributed by atoms with Gasteiger partial charge in [-0.1, -0.05) is 13.8 Å². The molecule has 3 heteroatoms. The van der Waals surface area contributed by atoms with E-state index in [1.807, 2.05) is 0 Å². The third kappa shape index (κ3) is 2.21. The van der Waals surface area contributed by atoms with E-state index in [-0.39, 0.29) is 23.2 Å². The van der Waals surface area contributed by atoms with Crippen LogP contribution in [-0.2, 0) is 4.74 Å². The number of aliphatic hydroxyl groups is 2. The second kappa shape index (κ2) is 5.23. The summed E-state index contributed by atoms with van der Waals surface area (Å²) in [7, 11) is 0. The van der Waals surface area contributed by atoms with Crippen molar-refractivity contribution in [2.75, 3.05) is 6.61 Å². The lowest BCUT2D eigenvalue weighted by Gasteiger charge is -2.62. The molecule has 0 aromatic heterocycles. The average Bonchev–Trinajstić information content (AvgIpc) is 3.18. The highest BCUT2D eigenvalue weighted by Gasteiger charge is 2.66. The first-order chi connectivity index (χ1) is 11.8. The molecule has 5 fully saturated rings. The molecule has 2 N–H and O–H groups in total. The molecule has 0 radical (unpaired) electrons. The molecule has 0 unspecified atom stereocenters. The molecular formula is C22H36O3. The Hall–Kier alpha value is -0.120. The standard InChI is InChI=1S/C22H36O3/c1-20-8-6-13(23)10-17(20)18(24)11-14-15-4-5-19(22(3)12-25-22)21(15,2)9-7-16(14)20/h13-19,23-24H,4-12H2,1-3H3/t13-,14-,15+,16-,17-,18+,19+,20-,21+,22+/m1/s1. The zero-order valence-corrected chi connectivity index (χ0v) is 16.2. The van der Waals surface area contributed by atoms with E-state index in [0.717, 1.165) is 44.1 Å². The van der Waals surface area contributed by atoms with Crippen molar-refractivity contribution in [3.8, 4) is 0 Å². The number of aliphatic hydroxyl groups excluding tert-OH is 2. The minimum absolute atomic E-state index is 0.144. The Balaban J connectivity index is 1.46. The van der Waals surface area contributed by atoms with Crippen LogP contribution in [0.1, 0.15) is 72.1 Å². The Morgan fingerprint density at radius 3 is 2.20 bits per heavy atom. The first-order valence-electron chi connectivity index (χ1n) is 10.8. The van der Waals surface area contributed by atoms with Crippen LogP contribution in [0.3, 0.4) is 0 Å². The van der Waals surface area contributed by atoms with Crippen LogP contribution in [0.4, 0.5) is 0 Å². The van der Waals surface area contributed by atoms with Gasteiger partial charge in [0.15, 0.2) is 0 Å². The lowest BCUT2D eigenvalue weighted by Crippen LogP contribution is -2.58. The summed E-state index contributed by atoms with van der Waals surface area (Å²) in [6, 6.07) is 0. The maximum atomic E-state index is 11.0. The molecule has 5 rings (SSSR count). The van der Waals surface area contributed by atoms with Gasteiger partial charge in [-0.3, -0.25) is 0 Å². The van der Waals surface area contributed by atoms with Crippen molar-refractivity contribution in [2.45, 2.75) is 89.9 Å². The van der Waals surface area contributed by atoms with Crippen LogP contribution in [0.25, 0.3) is 0 Å². The predicted octanol–water partition coefficient (Wildman–Crippen LogP) is 3.77. The number of fused-ring (bicyclic) bond motifs is 5. The van der Waals surface area contributed by atoms with Crippen LogP contribution in [-0.4, -0.2) is 34.6 Å². The smallest absolute Gasteiger partial charge is 0.0921 e. The summed E-state index contributed by atoms with van der Waals surface area (Å²) in [6.07, 6.45) is 8.72. The zero-order valence-electron chi connectivity index (χ0n) is 16.2. The SMILES string of the molecule is C[C@]12CC[C@@H](O)C[C@@H]1[C@@H](O)C[C@H]1[C@H]2CC[C@@]2(C)[C@H]1CC[C@@H]2[C@]1(C)CO1. The molecule has 0 aromatic carbocycles. The number of epoxide rings is 1. The lowest BCUT2D eigenvalue weighted by molar-refractivity contribution is -0.172. The van der Waals surface area contributed by atoms with Crippen LogP contribution >= 0.6 is 0 Å². The third-order valence-electron chi connectivity index (χ3n) is 9.99. The summed E-state index contributed by atoms with van der Waals surface area (Å²) < 4.78 is 5.89. The Bertz CT molecular complexity index is 557. The number of rotatable bonds is 1. The van der Waals surface area contributed by atoms with Crippen LogP contribution in [0, 0.1) is 40.4 Å². The largest absolute Gasteiger partial charge is 0.393 e. The summed E-state index contributed by atoms with van der Waals surface area (Å²) in [5, 5.41) is 21.2. The van der Waals surface area contributed by atoms with Gasteiger partial charge in [-0.25, -0.2) is 0 Å². The number of ether oxygens (including phenoxy) is 1. The highest BCUT2D eigenvalue weighted by molar-refractivity contribution is 5.14. The van der Waals surface area contributed by atoms with Gasteiger partial charge in [-0.2, -0.15) is 0 Å². The van der Waals surface area contributed by atoms with Gasteiger partial charge in [0.05, 0.1) is 24.4 Å². The Morgan fingerprint density at radius 1 is 0.800 bits per heavy atom. The molecule has 4 saturated carbocycles. The van der Waals surface area contributed by atoms with Crippen molar-refractivity contribution in [1.29, 1.82) is 0 Å². The molecule has 0 spiro atoms. The minimum atomic E-state index is -0.213. The molecule has 3 nitrogen and oxygen atoms in total. The molecule has 0 amide bonds. The van der Waals surface area contributed by atoms with Crippen LogP contribution in [0.15, 0.2) is 0 Å². The molecule has 10 atom stereocenters. The van der Waals surface area contributed by atoms with Gasteiger partial charge in [0.2, 0.25) is 0 Å². The first kappa shape index (κ1) is 17.0. The normalized spacial score (nSPS) is 63.5. The van der Waals surface area contributed by atoms with Crippen molar-refractivity contribution >= 4 is 0 Å². The summed E-state index contributed by atoms with van der Waals surface area (Å²) in [5.74, 6) is 3.21. The number of hydrogen-bond donors (Lipinski definition) is 2. The summed E-state index contributed by atoms with van der Waals surface area (Å²) in [6.45, 7) is 8.27. The van der Waals surface area contributed by atoms with E-state index in [2.05, 4.69) is 20.8 Å². The topological polar surface area (TPSA) is 53.0 Å². The molecule has 0 aromatic rings. The van der Waals surface area contributed by atoms with E-state index in [9.17, 15) is 10.2 Å². The van der Waals surface area contributed by atoms with E-state index < -0.39 is 0 Å². The van der Waals surface area contributed by atoms with Gasteiger partial charge in [-0.15, -0.1) is 0 Å². The maximum Gasteiger partial charge on any atom is 0.0921 e. The molecule has 1 heterocycles. The maximum absolute atomic E-state index is 11.0. The van der Waals surface area contributed by atoms with Crippen molar-refractivity contribution in [3.63, 3.8) is 0 Å². The monoisotopic (exact) mass is 348 g/mol. The van der Waals surface area contributed by atoms with Gasteiger partial charge >= 0.3 is 0 Å². The van der Waals surface area contributed by atoms with E-state index >= 15 is 0 Å². The molecule has 1 aliphatic heterocycles. The van der Waals surface area contributed by atoms with Crippen molar-refractivity contribution in [2.24, 2.45) is 40.4 Å². The summed E-state index contributed by atoms with van der Waals surface area (Å²) in [4.78, 5) is 0. The van der Waals surface area contributed by atoms with E-state index in [4.69, 9.17) is 4.74 Å². The Morgan fingerprint density at radius 2 is 1.48 bits per heavy atom. The molecule has 4 aliphatic carbocycles. The highest BCUT2D eigenvalue weighted by atomic mass is 16.6. The number of hydrogen-bond acceptors (Lipinski definition) is 3. The van der Waals surface area contributed by atoms with Crippen LogP contribution in [0.5, 0.6) is 0 Å². The predicted molar refractivity (Wildman–Crippen MR) is 97.0 cm³/mol. The van der Waals surface area contributed by atoms with E-state index in [1.165, 1.54) is 25.7 Å². The Labute approximate surface area is 152 Å². The fourth-order valence-corrected chi connectivity index (χ4v) is 8.60. The fraction of sp³-hybridized carbons (Fsp3) is 1.00. The second-order valence-corrected chi connectivity index (χ2v) is 11.0. The molecule has 142 valence electrons. The van der Waals surface area contributed by atoms with Gasteiger partial charge in [0.1, 0.15) is 0 Å². The van der Waals surface area contributed by atoms with Crippen LogP contribution < -0.4 is 0 Å². The minimum Gasteiger partial charge on any atom is -0.393 e. The molecule has 1 saturated heterocycles. The quantitative estimate of drug-likeness (QED) is 0.709. The molecule has 0 bridgehead atoms. The van der Waals surface area contributed by atoms with Gasteiger partial charge in [0, 0.05) is 0 Å². The fourth-order valence-electron chi connectivity index (χ4n) is 8.60. The second-order valence-electron chi connectivity index (χ2n) is 11.0. The molecule has 5 aliphatic rings. The summed E-state index contributed by atoms with van der Waals surface area (Å²) in [5.41, 5.74) is 0.787. The Kier molecular flexibility index (Phi) is 3.56. The average molecular weight is 349 g/mol. The van der Waals surface area contributed by atoms with Crippen molar-refractivity contribution in [1.82, 2.24) is 0 Å². The van der Waals surface area contributed by atoms with Crippen LogP contribution in [0.2, 0.25) is 0 Å². The van der Waals surface area contributed by atoms with Gasteiger partial charge in [-0.05, 0) is 98.7 Å². The lowest BCUT2D eigenvalue weighted by atomic mass is 9.44. The molecular weight excluding hydrogens is 312 g/mol. The summed E-state index contributed by atoms with van der Waals surface area (Å²) >= 11 is 0. The van der Waals surface area contributed by atoms with Crippen molar-refractivity contribution < 1.29 is 14.9 Å².